The van der Waals surface area contributed by atoms with Gasteiger partial charge in [0, 0.05) is 38.2 Å². The summed E-state index contributed by atoms with van der Waals surface area (Å²) in [5.41, 5.74) is 3.39. The number of benzene rings is 2. The molecule has 0 saturated carbocycles. The van der Waals surface area contributed by atoms with Gasteiger partial charge in [0.15, 0.2) is 5.16 Å². The molecule has 0 fully saturated rings. The number of thioether (sulfide) groups is 1. The van der Waals surface area contributed by atoms with Crippen LogP contribution in [0.4, 0.5) is 0 Å². The minimum atomic E-state index is -0.144. The van der Waals surface area contributed by atoms with E-state index in [9.17, 15) is 9.59 Å². The quantitative estimate of drug-likeness (QED) is 0.359. The molecule has 0 radical (unpaired) electrons. The fraction of sp³-hybridized carbons (Fsp3) is 0.320. The number of ether oxygens (including phenoxy) is 2. The summed E-state index contributed by atoms with van der Waals surface area (Å²) < 4.78 is 10.6. The van der Waals surface area contributed by atoms with Crippen molar-refractivity contribution in [2.45, 2.75) is 31.2 Å². The number of H-pyrrole nitrogens is 1. The molecule has 0 bridgehead atoms. The van der Waals surface area contributed by atoms with Gasteiger partial charge in [0.2, 0.25) is 5.91 Å². The van der Waals surface area contributed by atoms with Gasteiger partial charge in [-0.2, -0.15) is 0 Å². The summed E-state index contributed by atoms with van der Waals surface area (Å²) in [4.78, 5) is 34.7. The fourth-order valence-corrected chi connectivity index (χ4v) is 4.61. The number of hydrogen-bond acceptors (Lipinski definition) is 7. The second-order valence-corrected chi connectivity index (χ2v) is 8.95. The van der Waals surface area contributed by atoms with Gasteiger partial charge in [0.05, 0.1) is 31.2 Å². The topological polar surface area (TPSA) is 96.5 Å². The average molecular weight is 481 g/mol. The molecule has 0 aliphatic carbocycles. The van der Waals surface area contributed by atoms with E-state index in [2.05, 4.69) is 20.2 Å². The first-order valence-corrected chi connectivity index (χ1v) is 12.0. The molecule has 1 aliphatic heterocycles. The molecule has 2 aromatic carbocycles. The number of amides is 1. The third kappa shape index (κ3) is 5.98. The molecule has 2 heterocycles. The number of carbonyl (C=O) groups is 1. The average Bonchev–Trinajstić information content (AvgIpc) is 2.87. The lowest BCUT2D eigenvalue weighted by Gasteiger charge is -2.28. The maximum Gasteiger partial charge on any atom is 0.256 e. The summed E-state index contributed by atoms with van der Waals surface area (Å²) in [5.74, 6) is 1.64. The molecule has 1 aliphatic rings. The van der Waals surface area contributed by atoms with Crippen LogP contribution in [0, 0.1) is 0 Å². The second-order valence-electron chi connectivity index (χ2n) is 7.99. The number of para-hydroxylation sites is 1. The molecule has 0 spiro atoms. The highest BCUT2D eigenvalue weighted by atomic mass is 32.2. The lowest BCUT2D eigenvalue weighted by atomic mass is 10.1. The predicted molar refractivity (Wildman–Crippen MR) is 131 cm³/mol. The van der Waals surface area contributed by atoms with Gasteiger partial charge >= 0.3 is 0 Å². The minimum absolute atomic E-state index is 0.129. The molecule has 8 nitrogen and oxygen atoms in total. The highest BCUT2D eigenvalue weighted by Gasteiger charge is 2.22. The van der Waals surface area contributed by atoms with Crippen LogP contribution in [0.5, 0.6) is 11.5 Å². The summed E-state index contributed by atoms with van der Waals surface area (Å²) in [6, 6.07) is 15.5. The number of rotatable bonds is 9. The Bertz CT molecular complexity index is 1210. The van der Waals surface area contributed by atoms with E-state index in [1.807, 2.05) is 48.5 Å². The highest BCUT2D eigenvalue weighted by molar-refractivity contribution is 7.99. The van der Waals surface area contributed by atoms with Crippen molar-refractivity contribution in [3.63, 3.8) is 0 Å². The van der Waals surface area contributed by atoms with Crippen LogP contribution >= 0.6 is 11.8 Å². The number of fused-ring (bicyclic) bond motifs is 1. The lowest BCUT2D eigenvalue weighted by Crippen LogP contribution is -2.35. The Morgan fingerprint density at radius 1 is 1.18 bits per heavy atom. The number of aromatic amines is 1. The molecule has 0 saturated heterocycles. The normalized spacial score (nSPS) is 13.2. The molecule has 0 unspecified atom stereocenters. The van der Waals surface area contributed by atoms with Gasteiger partial charge in [-0.25, -0.2) is 4.98 Å². The maximum absolute atomic E-state index is 12.7. The second kappa shape index (κ2) is 11.2. The van der Waals surface area contributed by atoms with E-state index in [0.717, 1.165) is 34.9 Å². The molecule has 2 N–H and O–H groups in total. The highest BCUT2D eigenvalue weighted by Crippen LogP contribution is 2.23. The number of methoxy groups -OCH3 is 2. The van der Waals surface area contributed by atoms with Crippen molar-refractivity contribution in [3.8, 4) is 11.5 Å². The van der Waals surface area contributed by atoms with E-state index in [4.69, 9.17) is 9.47 Å². The molecule has 178 valence electrons. The third-order valence-electron chi connectivity index (χ3n) is 5.68. The molecular weight excluding hydrogens is 452 g/mol. The van der Waals surface area contributed by atoms with Crippen molar-refractivity contribution >= 4 is 17.7 Å². The number of nitrogens with zero attached hydrogens (tertiary/aromatic N) is 2. The van der Waals surface area contributed by atoms with Gasteiger partial charge in [-0.3, -0.25) is 14.5 Å². The summed E-state index contributed by atoms with van der Waals surface area (Å²) in [6.45, 7) is 2.44. The lowest BCUT2D eigenvalue weighted by molar-refractivity contribution is -0.118. The van der Waals surface area contributed by atoms with Crippen LogP contribution in [0.3, 0.4) is 0 Å². The predicted octanol–water partition coefficient (Wildman–Crippen LogP) is 2.75. The Balaban J connectivity index is 1.33. The van der Waals surface area contributed by atoms with Crippen LogP contribution in [0.15, 0.2) is 58.5 Å². The fourth-order valence-electron chi connectivity index (χ4n) is 3.90. The van der Waals surface area contributed by atoms with Crippen LogP contribution in [0.2, 0.25) is 0 Å². The van der Waals surface area contributed by atoms with Crippen molar-refractivity contribution in [1.82, 2.24) is 20.2 Å². The molecule has 1 aromatic heterocycles. The summed E-state index contributed by atoms with van der Waals surface area (Å²) in [6.07, 6.45) is 0.685. The van der Waals surface area contributed by atoms with E-state index in [1.54, 1.807) is 14.2 Å². The first-order valence-electron chi connectivity index (χ1n) is 11.0. The van der Waals surface area contributed by atoms with Gasteiger partial charge in [-0.05, 0) is 23.8 Å². The van der Waals surface area contributed by atoms with Crippen molar-refractivity contribution in [2.24, 2.45) is 0 Å². The molecule has 0 atom stereocenters. The molecule has 4 rings (SSSR count). The Morgan fingerprint density at radius 2 is 2.03 bits per heavy atom. The zero-order chi connectivity index (χ0) is 23.9. The molecular formula is C25H28N4O4S. The summed E-state index contributed by atoms with van der Waals surface area (Å²) in [5, 5.41) is 3.35. The molecule has 9 heteroatoms. The largest absolute Gasteiger partial charge is 0.497 e. The number of nitrogens with one attached hydrogen (secondary N) is 2. The van der Waals surface area contributed by atoms with E-state index in [0.29, 0.717) is 36.8 Å². The maximum atomic E-state index is 12.7. The zero-order valence-electron chi connectivity index (χ0n) is 19.3. The van der Waals surface area contributed by atoms with Crippen molar-refractivity contribution in [2.75, 3.05) is 26.5 Å². The van der Waals surface area contributed by atoms with Crippen molar-refractivity contribution < 1.29 is 14.3 Å². The Hall–Kier alpha value is -3.30. The SMILES string of the molecule is COc1cccc(CNC(=O)CSc2nc3c(c(=O)[nH]2)CN(Cc2ccccc2OC)CC3)c1. The van der Waals surface area contributed by atoms with E-state index < -0.39 is 0 Å². The third-order valence-corrected chi connectivity index (χ3v) is 6.55. The Morgan fingerprint density at radius 3 is 2.85 bits per heavy atom. The van der Waals surface area contributed by atoms with Crippen LogP contribution < -0.4 is 20.3 Å². The number of hydrogen-bond donors (Lipinski definition) is 2. The first-order chi connectivity index (χ1) is 16.6. The number of carbonyl (C=O) groups excluding carboxylic acids is 1. The zero-order valence-corrected chi connectivity index (χ0v) is 20.1. The standard InChI is InChI=1S/C25H28N4O4S/c1-32-19-8-5-6-17(12-19)13-26-23(30)16-34-25-27-21-10-11-29(15-20(21)24(31)28-25)14-18-7-3-4-9-22(18)33-2/h3-9,12H,10-11,13-16H2,1-2H3,(H,26,30)(H,27,28,31). The van der Waals surface area contributed by atoms with Gasteiger partial charge < -0.3 is 19.8 Å². The monoisotopic (exact) mass is 480 g/mol. The van der Waals surface area contributed by atoms with Crippen LogP contribution in [0.25, 0.3) is 0 Å². The van der Waals surface area contributed by atoms with E-state index >= 15 is 0 Å². The Labute approximate surface area is 202 Å². The van der Waals surface area contributed by atoms with Crippen molar-refractivity contribution in [1.29, 1.82) is 0 Å². The summed E-state index contributed by atoms with van der Waals surface area (Å²) in [7, 11) is 3.27. The van der Waals surface area contributed by atoms with E-state index in [-0.39, 0.29) is 17.2 Å². The molecule has 3 aromatic rings. The van der Waals surface area contributed by atoms with Crippen LogP contribution in [-0.4, -0.2) is 47.3 Å². The smallest absolute Gasteiger partial charge is 0.256 e. The molecule has 1 amide bonds. The first kappa shape index (κ1) is 23.8. The van der Waals surface area contributed by atoms with Crippen molar-refractivity contribution in [3.05, 3.63) is 81.3 Å². The summed E-state index contributed by atoms with van der Waals surface area (Å²) >= 11 is 1.23. The van der Waals surface area contributed by atoms with Crippen LogP contribution in [0.1, 0.15) is 22.4 Å². The van der Waals surface area contributed by atoms with Gasteiger partial charge in [-0.1, -0.05) is 42.1 Å². The van der Waals surface area contributed by atoms with Gasteiger partial charge in [0.1, 0.15) is 11.5 Å². The van der Waals surface area contributed by atoms with E-state index in [1.165, 1.54) is 11.8 Å². The number of aromatic nitrogens is 2. The van der Waals surface area contributed by atoms with Gasteiger partial charge in [-0.15, -0.1) is 0 Å². The Kier molecular flexibility index (Phi) is 7.87. The van der Waals surface area contributed by atoms with Crippen LogP contribution in [-0.2, 0) is 30.8 Å². The van der Waals surface area contributed by atoms with Gasteiger partial charge in [0.25, 0.3) is 5.56 Å². The molecule has 34 heavy (non-hydrogen) atoms. The minimum Gasteiger partial charge on any atom is -0.497 e.